The van der Waals surface area contributed by atoms with Gasteiger partial charge in [0.1, 0.15) is 11.4 Å². The van der Waals surface area contributed by atoms with Crippen molar-refractivity contribution in [2.75, 3.05) is 0 Å². The number of ether oxygens (including phenoxy) is 1. The van der Waals surface area contributed by atoms with Crippen LogP contribution in [0.3, 0.4) is 0 Å². The van der Waals surface area contributed by atoms with Gasteiger partial charge in [-0.15, -0.1) is 0 Å². The number of hydrogen-bond donors (Lipinski definition) is 0. The maximum absolute atomic E-state index is 5.99. The fourth-order valence-corrected chi connectivity index (χ4v) is 2.01. The van der Waals surface area contributed by atoms with Gasteiger partial charge < -0.3 is 4.74 Å². The number of para-hydroxylation sites is 1. The second-order valence-electron chi connectivity index (χ2n) is 3.78. The fraction of sp³-hybridized carbons (Fsp3) is 0.500. The average molecular weight is 176 g/mol. The summed E-state index contributed by atoms with van der Waals surface area (Å²) in [5.41, 5.74) is 1.45. The minimum atomic E-state index is 0.0870. The van der Waals surface area contributed by atoms with Crippen LogP contribution in [0.25, 0.3) is 0 Å². The molecule has 0 spiro atoms. The van der Waals surface area contributed by atoms with Crippen molar-refractivity contribution in [2.24, 2.45) is 0 Å². The molecule has 1 heteroatoms. The molecule has 0 amide bonds. The Morgan fingerprint density at radius 2 is 1.92 bits per heavy atom. The van der Waals surface area contributed by atoms with Crippen molar-refractivity contribution >= 4 is 0 Å². The van der Waals surface area contributed by atoms with Crippen molar-refractivity contribution in [1.82, 2.24) is 0 Å². The highest BCUT2D eigenvalue weighted by Gasteiger charge is 2.35. The first-order valence-corrected chi connectivity index (χ1v) is 5.06. The number of fused-ring (bicyclic) bond motifs is 1. The average Bonchev–Trinajstić information content (AvgIpc) is 2.57. The molecule has 0 aliphatic carbocycles. The highest BCUT2D eigenvalue weighted by molar-refractivity contribution is 5.38. The Balaban J connectivity index is 2.30. The molecule has 0 saturated heterocycles. The summed E-state index contributed by atoms with van der Waals surface area (Å²) in [4.78, 5) is 0. The van der Waals surface area contributed by atoms with Crippen LogP contribution in [0.2, 0.25) is 0 Å². The summed E-state index contributed by atoms with van der Waals surface area (Å²) < 4.78 is 5.99. The summed E-state index contributed by atoms with van der Waals surface area (Å²) in [6, 6.07) is 8.37. The van der Waals surface area contributed by atoms with Crippen molar-refractivity contribution in [3.8, 4) is 5.75 Å². The van der Waals surface area contributed by atoms with Crippen LogP contribution in [-0.2, 0) is 6.42 Å². The number of rotatable bonds is 2. The topological polar surface area (TPSA) is 9.23 Å². The number of benzene rings is 1. The zero-order chi connectivity index (χ0) is 9.31. The van der Waals surface area contributed by atoms with Crippen molar-refractivity contribution in [3.63, 3.8) is 0 Å². The van der Waals surface area contributed by atoms with Crippen LogP contribution in [0, 0.1) is 0 Å². The van der Waals surface area contributed by atoms with Crippen LogP contribution in [0.4, 0.5) is 0 Å². The van der Waals surface area contributed by atoms with E-state index >= 15 is 0 Å². The normalized spacial score (nSPS) is 18.0. The first kappa shape index (κ1) is 8.61. The quantitative estimate of drug-likeness (QED) is 0.672. The summed E-state index contributed by atoms with van der Waals surface area (Å²) in [6.45, 7) is 4.41. The van der Waals surface area contributed by atoms with Gasteiger partial charge in [0.05, 0.1) is 0 Å². The van der Waals surface area contributed by atoms with Gasteiger partial charge in [-0.2, -0.15) is 0 Å². The predicted octanol–water partition coefficient (Wildman–Crippen LogP) is 3.18. The lowest BCUT2D eigenvalue weighted by Crippen LogP contribution is -2.32. The Morgan fingerprint density at radius 3 is 2.54 bits per heavy atom. The molecule has 13 heavy (non-hydrogen) atoms. The van der Waals surface area contributed by atoms with Crippen LogP contribution in [-0.4, -0.2) is 5.60 Å². The number of hydrogen-bond acceptors (Lipinski definition) is 1. The third kappa shape index (κ3) is 1.32. The monoisotopic (exact) mass is 176 g/mol. The van der Waals surface area contributed by atoms with E-state index < -0.39 is 0 Å². The third-order valence-electron chi connectivity index (χ3n) is 3.10. The Morgan fingerprint density at radius 1 is 1.23 bits per heavy atom. The van der Waals surface area contributed by atoms with Crippen LogP contribution < -0.4 is 4.74 Å². The summed E-state index contributed by atoms with van der Waals surface area (Å²) in [5.74, 6) is 1.09. The van der Waals surface area contributed by atoms with Gasteiger partial charge in [0.2, 0.25) is 0 Å². The lowest BCUT2D eigenvalue weighted by atomic mass is 9.92. The summed E-state index contributed by atoms with van der Waals surface area (Å²) >= 11 is 0. The minimum absolute atomic E-state index is 0.0870. The Labute approximate surface area is 79.7 Å². The fourth-order valence-electron chi connectivity index (χ4n) is 2.01. The van der Waals surface area contributed by atoms with Gasteiger partial charge in [0.25, 0.3) is 0 Å². The molecule has 0 atom stereocenters. The van der Waals surface area contributed by atoms with Crippen molar-refractivity contribution in [1.29, 1.82) is 0 Å². The van der Waals surface area contributed by atoms with Crippen molar-refractivity contribution < 1.29 is 4.74 Å². The van der Waals surface area contributed by atoms with E-state index in [1.807, 2.05) is 6.07 Å². The zero-order valence-electron chi connectivity index (χ0n) is 8.34. The highest BCUT2D eigenvalue weighted by Crippen LogP contribution is 2.38. The van der Waals surface area contributed by atoms with Crippen molar-refractivity contribution in [2.45, 2.75) is 38.7 Å². The Hall–Kier alpha value is -0.980. The van der Waals surface area contributed by atoms with E-state index in [0.29, 0.717) is 0 Å². The Kier molecular flexibility index (Phi) is 2.03. The second-order valence-corrected chi connectivity index (χ2v) is 3.78. The van der Waals surface area contributed by atoms with Crippen LogP contribution in [0.15, 0.2) is 24.3 Å². The van der Waals surface area contributed by atoms with Gasteiger partial charge in [-0.05, 0) is 24.5 Å². The van der Waals surface area contributed by atoms with Gasteiger partial charge in [-0.3, -0.25) is 0 Å². The van der Waals surface area contributed by atoms with Gasteiger partial charge in [-0.25, -0.2) is 0 Å². The van der Waals surface area contributed by atoms with Crippen molar-refractivity contribution in [3.05, 3.63) is 29.8 Å². The molecule has 1 aromatic carbocycles. The Bertz CT molecular complexity index is 273. The molecule has 70 valence electrons. The van der Waals surface area contributed by atoms with Crippen LogP contribution >= 0.6 is 0 Å². The predicted molar refractivity (Wildman–Crippen MR) is 54.1 cm³/mol. The molecule has 1 nitrogen and oxygen atoms in total. The highest BCUT2D eigenvalue weighted by atomic mass is 16.5. The molecule has 0 saturated carbocycles. The molecule has 0 aromatic heterocycles. The molecule has 0 radical (unpaired) electrons. The molecular weight excluding hydrogens is 160 g/mol. The summed E-state index contributed by atoms with van der Waals surface area (Å²) in [5, 5.41) is 0. The maximum Gasteiger partial charge on any atom is 0.123 e. The zero-order valence-corrected chi connectivity index (χ0v) is 8.34. The van der Waals surface area contributed by atoms with Crippen LogP contribution in [0.1, 0.15) is 32.3 Å². The van der Waals surface area contributed by atoms with Gasteiger partial charge in [0.15, 0.2) is 0 Å². The van der Waals surface area contributed by atoms with Gasteiger partial charge in [0, 0.05) is 6.42 Å². The molecule has 0 bridgehead atoms. The second kappa shape index (κ2) is 3.06. The molecule has 1 aliphatic heterocycles. The first-order chi connectivity index (χ1) is 6.29. The van der Waals surface area contributed by atoms with E-state index in [9.17, 15) is 0 Å². The smallest absolute Gasteiger partial charge is 0.123 e. The lowest BCUT2D eigenvalue weighted by Gasteiger charge is -2.25. The standard InChI is InChI=1S/C12H16O/c1-3-12(4-2)9-10-7-5-6-8-11(10)13-12/h5-8H,3-4,9H2,1-2H3. The maximum atomic E-state index is 5.99. The third-order valence-corrected chi connectivity index (χ3v) is 3.10. The first-order valence-electron chi connectivity index (χ1n) is 5.06. The SMILES string of the molecule is CCC1(CC)Cc2ccccc2O1. The molecular formula is C12H16O. The summed E-state index contributed by atoms with van der Waals surface area (Å²) in [7, 11) is 0. The van der Waals surface area contributed by atoms with E-state index in [4.69, 9.17) is 4.74 Å². The molecule has 0 fully saturated rings. The summed E-state index contributed by atoms with van der Waals surface area (Å²) in [6.07, 6.45) is 3.27. The molecule has 0 N–H and O–H groups in total. The van der Waals surface area contributed by atoms with E-state index in [0.717, 1.165) is 25.0 Å². The molecule has 1 aliphatic rings. The van der Waals surface area contributed by atoms with Gasteiger partial charge >= 0.3 is 0 Å². The minimum Gasteiger partial charge on any atom is -0.487 e. The molecule has 2 rings (SSSR count). The van der Waals surface area contributed by atoms with E-state index in [-0.39, 0.29) is 5.60 Å². The van der Waals surface area contributed by atoms with Gasteiger partial charge in [-0.1, -0.05) is 32.0 Å². The molecule has 1 aromatic rings. The van der Waals surface area contributed by atoms with E-state index in [1.165, 1.54) is 5.56 Å². The lowest BCUT2D eigenvalue weighted by molar-refractivity contribution is 0.0858. The van der Waals surface area contributed by atoms with E-state index in [1.54, 1.807) is 0 Å². The van der Waals surface area contributed by atoms with E-state index in [2.05, 4.69) is 32.0 Å². The molecule has 0 unspecified atom stereocenters. The largest absolute Gasteiger partial charge is 0.487 e. The van der Waals surface area contributed by atoms with Crippen LogP contribution in [0.5, 0.6) is 5.75 Å². The molecule has 1 heterocycles.